The molecule has 0 amide bonds. The normalized spacial score (nSPS) is 10.0. The van der Waals surface area contributed by atoms with Crippen LogP contribution in [-0.2, 0) is 0 Å². The van der Waals surface area contributed by atoms with Crippen molar-refractivity contribution in [2.75, 3.05) is 0 Å². The van der Waals surface area contributed by atoms with E-state index in [0.29, 0.717) is 5.89 Å². The molecular formula is C6H5N3O. The Morgan fingerprint density at radius 2 is 2.50 bits per heavy atom. The van der Waals surface area contributed by atoms with Crippen molar-refractivity contribution in [1.29, 1.82) is 0 Å². The van der Waals surface area contributed by atoms with Gasteiger partial charge in [0.1, 0.15) is 5.69 Å². The average molecular weight is 135 g/mol. The van der Waals surface area contributed by atoms with Gasteiger partial charge >= 0.3 is 0 Å². The minimum Gasteiger partial charge on any atom is -0.422 e. The van der Waals surface area contributed by atoms with Crippen LogP contribution in [0, 0.1) is 0 Å². The molecule has 10 heavy (non-hydrogen) atoms. The van der Waals surface area contributed by atoms with Crippen molar-refractivity contribution in [2.45, 2.75) is 0 Å². The van der Waals surface area contributed by atoms with E-state index in [9.17, 15) is 0 Å². The highest BCUT2D eigenvalue weighted by molar-refractivity contribution is 5.45. The number of aromatic nitrogens is 3. The maximum Gasteiger partial charge on any atom is 0.263 e. The highest BCUT2D eigenvalue weighted by Gasteiger charge is 2.00. The number of H-pyrrole nitrogens is 1. The highest BCUT2D eigenvalue weighted by atomic mass is 16.4. The van der Waals surface area contributed by atoms with Crippen LogP contribution in [0.4, 0.5) is 0 Å². The lowest BCUT2D eigenvalue weighted by molar-refractivity contribution is 0.567. The number of hydrogen-bond donors (Lipinski definition) is 1. The Balaban J connectivity index is 2.48. The monoisotopic (exact) mass is 135 g/mol. The first-order valence-electron chi connectivity index (χ1n) is 2.87. The third kappa shape index (κ3) is 0.699. The Hall–Kier alpha value is -1.58. The molecule has 2 aromatic heterocycles. The Bertz CT molecular complexity index is 252. The molecule has 2 heterocycles. The summed E-state index contributed by atoms with van der Waals surface area (Å²) in [5.74, 6) is 0.519. The number of aromatic amines is 1. The second-order valence-electron chi connectivity index (χ2n) is 1.83. The first kappa shape index (κ1) is 5.22. The summed E-state index contributed by atoms with van der Waals surface area (Å²) in [5.41, 5.74) is 0.845. The van der Waals surface area contributed by atoms with E-state index < -0.39 is 0 Å². The second-order valence-corrected chi connectivity index (χ2v) is 1.83. The molecule has 0 saturated carbocycles. The van der Waals surface area contributed by atoms with Gasteiger partial charge in [-0.05, 0) is 12.1 Å². The molecule has 0 unspecified atom stereocenters. The molecule has 4 heteroatoms. The maximum atomic E-state index is 4.92. The first-order chi connectivity index (χ1) is 4.97. The van der Waals surface area contributed by atoms with Gasteiger partial charge in [0, 0.05) is 6.20 Å². The summed E-state index contributed by atoms with van der Waals surface area (Å²) < 4.78 is 4.92. The molecule has 0 aliphatic heterocycles. The number of nitrogens with one attached hydrogen (secondary N) is 1. The van der Waals surface area contributed by atoms with Gasteiger partial charge in [-0.25, -0.2) is 0 Å². The van der Waals surface area contributed by atoms with Crippen LogP contribution < -0.4 is 0 Å². The second kappa shape index (κ2) is 1.98. The van der Waals surface area contributed by atoms with E-state index in [2.05, 4.69) is 15.2 Å². The molecule has 2 aromatic rings. The van der Waals surface area contributed by atoms with Crippen molar-refractivity contribution in [3.05, 3.63) is 24.7 Å². The number of rotatable bonds is 1. The molecule has 0 atom stereocenters. The Labute approximate surface area is 56.9 Å². The SMILES string of the molecule is c1c[nH]c(-c2nnco2)c1. The Kier molecular flexibility index (Phi) is 1.04. The van der Waals surface area contributed by atoms with Gasteiger partial charge in [-0.15, -0.1) is 10.2 Å². The summed E-state index contributed by atoms with van der Waals surface area (Å²) in [5, 5.41) is 7.25. The summed E-state index contributed by atoms with van der Waals surface area (Å²) in [6.07, 6.45) is 3.11. The number of nitrogens with zero attached hydrogens (tertiary/aromatic N) is 2. The Morgan fingerprint density at radius 1 is 1.50 bits per heavy atom. The first-order valence-corrected chi connectivity index (χ1v) is 2.87. The summed E-state index contributed by atoms with van der Waals surface area (Å²) in [6.45, 7) is 0. The topological polar surface area (TPSA) is 54.7 Å². The van der Waals surface area contributed by atoms with Crippen molar-refractivity contribution in [3.63, 3.8) is 0 Å². The molecular weight excluding hydrogens is 130 g/mol. The molecule has 0 aromatic carbocycles. The van der Waals surface area contributed by atoms with E-state index in [1.807, 2.05) is 12.1 Å². The van der Waals surface area contributed by atoms with E-state index in [-0.39, 0.29) is 0 Å². The molecule has 0 aliphatic carbocycles. The van der Waals surface area contributed by atoms with Gasteiger partial charge in [0.05, 0.1) is 0 Å². The van der Waals surface area contributed by atoms with E-state index in [1.54, 1.807) is 6.20 Å². The zero-order valence-electron chi connectivity index (χ0n) is 5.11. The minimum absolute atomic E-state index is 0.519. The fraction of sp³-hybridized carbons (Fsp3) is 0. The van der Waals surface area contributed by atoms with Crippen molar-refractivity contribution in [2.24, 2.45) is 0 Å². The average Bonchev–Trinajstić information content (AvgIpc) is 2.59. The summed E-state index contributed by atoms with van der Waals surface area (Å²) in [4.78, 5) is 2.94. The van der Waals surface area contributed by atoms with Gasteiger partial charge in [0.15, 0.2) is 0 Å². The zero-order valence-corrected chi connectivity index (χ0v) is 5.11. The van der Waals surface area contributed by atoms with Gasteiger partial charge in [0.25, 0.3) is 5.89 Å². The molecule has 1 N–H and O–H groups in total. The molecule has 0 fully saturated rings. The van der Waals surface area contributed by atoms with Crippen molar-refractivity contribution in [3.8, 4) is 11.6 Å². The van der Waals surface area contributed by atoms with Crippen LogP contribution in [0.25, 0.3) is 11.6 Å². The van der Waals surface area contributed by atoms with Gasteiger partial charge in [-0.3, -0.25) is 0 Å². The highest BCUT2D eigenvalue weighted by Crippen LogP contribution is 2.11. The zero-order chi connectivity index (χ0) is 6.81. The van der Waals surface area contributed by atoms with Crippen LogP contribution in [0.5, 0.6) is 0 Å². The predicted molar refractivity (Wildman–Crippen MR) is 34.1 cm³/mol. The molecule has 4 nitrogen and oxygen atoms in total. The summed E-state index contributed by atoms with van der Waals surface area (Å²) in [6, 6.07) is 3.74. The molecule has 0 radical (unpaired) electrons. The van der Waals surface area contributed by atoms with Crippen LogP contribution in [0.2, 0.25) is 0 Å². The van der Waals surface area contributed by atoms with Crippen molar-refractivity contribution in [1.82, 2.24) is 15.2 Å². The summed E-state index contributed by atoms with van der Waals surface area (Å²) in [7, 11) is 0. The standard InChI is InChI=1S/C6H5N3O/c1-2-5(7-3-1)6-9-8-4-10-6/h1-4,7H. The molecule has 0 bridgehead atoms. The third-order valence-electron chi connectivity index (χ3n) is 1.19. The fourth-order valence-electron chi connectivity index (χ4n) is 0.754. The molecule has 0 spiro atoms. The van der Waals surface area contributed by atoms with Crippen LogP contribution in [0.15, 0.2) is 29.1 Å². The summed E-state index contributed by atoms with van der Waals surface area (Å²) >= 11 is 0. The molecule has 2 rings (SSSR count). The van der Waals surface area contributed by atoms with Crippen LogP contribution in [0.1, 0.15) is 0 Å². The van der Waals surface area contributed by atoms with Crippen LogP contribution >= 0.6 is 0 Å². The lowest BCUT2D eigenvalue weighted by Crippen LogP contribution is -1.74. The van der Waals surface area contributed by atoms with Crippen LogP contribution in [0.3, 0.4) is 0 Å². The van der Waals surface area contributed by atoms with Crippen molar-refractivity contribution < 1.29 is 4.42 Å². The van der Waals surface area contributed by atoms with Gasteiger partial charge in [-0.2, -0.15) is 0 Å². The molecule has 0 saturated heterocycles. The Morgan fingerprint density at radius 3 is 3.10 bits per heavy atom. The maximum absolute atomic E-state index is 4.92. The molecule has 50 valence electrons. The quantitative estimate of drug-likeness (QED) is 0.636. The largest absolute Gasteiger partial charge is 0.422 e. The lowest BCUT2D eigenvalue weighted by Gasteiger charge is -1.83. The molecule has 0 aliphatic rings. The van der Waals surface area contributed by atoms with Gasteiger partial charge in [0.2, 0.25) is 6.39 Å². The van der Waals surface area contributed by atoms with Crippen LogP contribution in [-0.4, -0.2) is 15.2 Å². The van der Waals surface area contributed by atoms with E-state index in [1.165, 1.54) is 6.39 Å². The van der Waals surface area contributed by atoms with Crippen molar-refractivity contribution >= 4 is 0 Å². The van der Waals surface area contributed by atoms with E-state index >= 15 is 0 Å². The number of hydrogen-bond acceptors (Lipinski definition) is 3. The van der Waals surface area contributed by atoms with Gasteiger partial charge < -0.3 is 9.40 Å². The predicted octanol–water partition coefficient (Wildman–Crippen LogP) is 1.06. The third-order valence-corrected chi connectivity index (χ3v) is 1.19. The van der Waals surface area contributed by atoms with E-state index in [4.69, 9.17) is 4.42 Å². The fourth-order valence-corrected chi connectivity index (χ4v) is 0.754. The smallest absolute Gasteiger partial charge is 0.263 e. The lowest BCUT2D eigenvalue weighted by atomic mass is 10.4. The van der Waals surface area contributed by atoms with E-state index in [0.717, 1.165) is 5.69 Å². The minimum atomic E-state index is 0.519. The van der Waals surface area contributed by atoms with Gasteiger partial charge in [-0.1, -0.05) is 0 Å².